The quantitative estimate of drug-likeness (QED) is 0.461. The molecule has 0 fully saturated rings. The number of hydrogen-bond acceptors (Lipinski definition) is 0. The van der Waals surface area contributed by atoms with Gasteiger partial charge >= 0.3 is 0 Å². The average molecular weight is 147 g/mol. The van der Waals surface area contributed by atoms with Gasteiger partial charge in [0.25, 0.3) is 6.08 Å². The third-order valence-corrected chi connectivity index (χ3v) is 0.0825. The Morgan fingerprint density at radius 3 is 1.38 bits per heavy atom. The third-order valence-electron chi connectivity index (χ3n) is 0.0825. The maximum Gasteiger partial charge on any atom is 0.298 e. The van der Waals surface area contributed by atoms with Crippen molar-refractivity contribution in [2.75, 3.05) is 0 Å². The predicted molar refractivity (Wildman–Crippen MR) is 29.9 cm³/mol. The Morgan fingerprint density at radius 1 is 1.25 bits per heavy atom. The maximum atomic E-state index is 10.2. The molecule has 0 saturated heterocycles. The standard InChI is InChI=1S/C2HF3.C2H4.ClH/c3-1-2(4)5;1-2;/h1H;1-2H2;1H. The lowest BCUT2D eigenvalue weighted by Gasteiger charge is -1.59. The molecule has 0 bridgehead atoms. The predicted octanol–water partition coefficient (Wildman–Crippen LogP) is 2.92. The number of rotatable bonds is 0. The van der Waals surface area contributed by atoms with Crippen LogP contribution in [0.3, 0.4) is 0 Å². The van der Waals surface area contributed by atoms with Gasteiger partial charge in [-0.3, -0.25) is 0 Å². The van der Waals surface area contributed by atoms with Crippen LogP contribution in [0.2, 0.25) is 0 Å². The van der Waals surface area contributed by atoms with E-state index in [1.807, 2.05) is 0 Å². The first kappa shape index (κ1) is 15.6. The van der Waals surface area contributed by atoms with Crippen molar-refractivity contribution in [2.45, 2.75) is 0 Å². The number of hydrogen-bond donors (Lipinski definition) is 0. The molecule has 0 heterocycles. The first-order chi connectivity index (χ1) is 3.27. The molecule has 0 radical (unpaired) electrons. The molecule has 0 unspecified atom stereocenters. The van der Waals surface area contributed by atoms with E-state index in [2.05, 4.69) is 13.2 Å². The van der Waals surface area contributed by atoms with Gasteiger partial charge in [-0.15, -0.1) is 25.6 Å². The molecular formula is C4H6ClF3. The van der Waals surface area contributed by atoms with Gasteiger partial charge in [0.1, 0.15) is 0 Å². The molecular weight excluding hydrogens is 140 g/mol. The molecule has 50 valence electrons. The summed E-state index contributed by atoms with van der Waals surface area (Å²) in [7, 11) is 0. The zero-order chi connectivity index (χ0) is 6.28. The van der Waals surface area contributed by atoms with E-state index in [4.69, 9.17) is 0 Å². The van der Waals surface area contributed by atoms with Crippen molar-refractivity contribution in [1.29, 1.82) is 0 Å². The van der Waals surface area contributed by atoms with Gasteiger partial charge < -0.3 is 0 Å². The van der Waals surface area contributed by atoms with Gasteiger partial charge in [0, 0.05) is 0 Å². The van der Waals surface area contributed by atoms with Gasteiger partial charge in [0.15, 0.2) is 6.33 Å². The maximum absolute atomic E-state index is 10.2. The van der Waals surface area contributed by atoms with E-state index in [1.165, 1.54) is 0 Å². The van der Waals surface area contributed by atoms with Gasteiger partial charge in [-0.2, -0.15) is 8.78 Å². The Kier molecular flexibility index (Phi) is 31.3. The van der Waals surface area contributed by atoms with Crippen LogP contribution in [-0.2, 0) is 0 Å². The molecule has 8 heavy (non-hydrogen) atoms. The first-order valence-corrected chi connectivity index (χ1v) is 1.38. The second-order valence-corrected chi connectivity index (χ2v) is 0.399. The highest BCUT2D eigenvalue weighted by molar-refractivity contribution is 5.85. The Labute approximate surface area is 52.1 Å². The molecule has 0 aliphatic carbocycles. The minimum atomic E-state index is -2.29. The average Bonchev–Trinajstić information content (AvgIpc) is 1.73. The fraction of sp³-hybridized carbons (Fsp3) is 0. The summed E-state index contributed by atoms with van der Waals surface area (Å²) in [5.41, 5.74) is 0. The molecule has 0 aliphatic rings. The van der Waals surface area contributed by atoms with Gasteiger partial charge in [0.05, 0.1) is 0 Å². The molecule has 0 aromatic rings. The van der Waals surface area contributed by atoms with E-state index < -0.39 is 12.4 Å². The summed E-state index contributed by atoms with van der Waals surface area (Å²) in [6, 6.07) is 0. The van der Waals surface area contributed by atoms with Crippen LogP contribution in [0.5, 0.6) is 0 Å². The van der Waals surface area contributed by atoms with Crippen LogP contribution in [0.25, 0.3) is 0 Å². The van der Waals surface area contributed by atoms with E-state index in [0.29, 0.717) is 0 Å². The minimum absolute atomic E-state index is 0. The summed E-state index contributed by atoms with van der Waals surface area (Å²) in [4.78, 5) is 0. The number of halogens is 4. The zero-order valence-corrected chi connectivity index (χ0v) is 4.85. The fourth-order valence-corrected chi connectivity index (χ4v) is 0. The van der Waals surface area contributed by atoms with Crippen LogP contribution in [0.4, 0.5) is 13.2 Å². The molecule has 0 saturated carbocycles. The Hall–Kier alpha value is -0.440. The molecule has 0 aromatic carbocycles. The van der Waals surface area contributed by atoms with Gasteiger partial charge in [-0.1, -0.05) is 0 Å². The van der Waals surface area contributed by atoms with Crippen LogP contribution >= 0.6 is 12.4 Å². The van der Waals surface area contributed by atoms with Gasteiger partial charge in [-0.25, -0.2) is 4.39 Å². The molecule has 0 aromatic heterocycles. The molecule has 0 nitrogen and oxygen atoms in total. The van der Waals surface area contributed by atoms with Gasteiger partial charge in [0.2, 0.25) is 0 Å². The van der Waals surface area contributed by atoms with Crippen molar-refractivity contribution in [3.8, 4) is 0 Å². The second-order valence-electron chi connectivity index (χ2n) is 0.399. The summed E-state index contributed by atoms with van der Waals surface area (Å²) in [5.74, 6) is 0. The summed E-state index contributed by atoms with van der Waals surface area (Å²) >= 11 is 0. The Bertz CT molecular complexity index is 58.3. The molecule has 0 amide bonds. The largest absolute Gasteiger partial charge is 0.298 e. The van der Waals surface area contributed by atoms with Crippen molar-refractivity contribution in [2.24, 2.45) is 0 Å². The van der Waals surface area contributed by atoms with Crippen LogP contribution in [0.1, 0.15) is 0 Å². The van der Waals surface area contributed by atoms with Gasteiger partial charge in [-0.05, 0) is 0 Å². The van der Waals surface area contributed by atoms with Crippen molar-refractivity contribution in [3.05, 3.63) is 25.6 Å². The molecule has 0 spiro atoms. The third kappa shape index (κ3) is 47.5. The Morgan fingerprint density at radius 2 is 1.38 bits per heavy atom. The van der Waals surface area contributed by atoms with Crippen molar-refractivity contribution >= 4 is 12.4 Å². The smallest absolute Gasteiger partial charge is 0.210 e. The van der Waals surface area contributed by atoms with Crippen LogP contribution < -0.4 is 0 Å². The molecule has 0 N–H and O–H groups in total. The van der Waals surface area contributed by atoms with Crippen LogP contribution in [0.15, 0.2) is 25.6 Å². The molecule has 0 aliphatic heterocycles. The van der Waals surface area contributed by atoms with Crippen LogP contribution in [0, 0.1) is 0 Å². The van der Waals surface area contributed by atoms with E-state index in [-0.39, 0.29) is 12.4 Å². The van der Waals surface area contributed by atoms with Crippen molar-refractivity contribution < 1.29 is 13.2 Å². The van der Waals surface area contributed by atoms with E-state index in [9.17, 15) is 13.2 Å². The van der Waals surface area contributed by atoms with Crippen LogP contribution in [-0.4, -0.2) is 0 Å². The van der Waals surface area contributed by atoms with Crippen molar-refractivity contribution in [3.63, 3.8) is 0 Å². The highest BCUT2D eigenvalue weighted by Gasteiger charge is 1.78. The SMILES string of the molecule is C=C.Cl.FC=C(F)F. The minimum Gasteiger partial charge on any atom is -0.210 e. The molecule has 4 heteroatoms. The van der Waals surface area contributed by atoms with E-state index in [1.54, 1.807) is 0 Å². The van der Waals surface area contributed by atoms with E-state index in [0.717, 1.165) is 0 Å². The lowest BCUT2D eigenvalue weighted by molar-refractivity contribution is 0.400. The molecule has 0 atom stereocenters. The summed E-state index contributed by atoms with van der Waals surface area (Å²) < 4.78 is 30.7. The summed E-state index contributed by atoms with van der Waals surface area (Å²) in [6.45, 7) is 6.00. The van der Waals surface area contributed by atoms with Crippen molar-refractivity contribution in [1.82, 2.24) is 0 Å². The topological polar surface area (TPSA) is 0 Å². The summed E-state index contributed by atoms with van der Waals surface area (Å²) in [6.07, 6.45) is -3.04. The first-order valence-electron chi connectivity index (χ1n) is 1.38. The lowest BCUT2D eigenvalue weighted by Crippen LogP contribution is -1.42. The zero-order valence-electron chi connectivity index (χ0n) is 4.03. The second kappa shape index (κ2) is 16.0. The van der Waals surface area contributed by atoms with E-state index >= 15 is 0 Å². The Balaban J connectivity index is -0.0000000750. The highest BCUT2D eigenvalue weighted by Crippen LogP contribution is 1.93. The monoisotopic (exact) mass is 146 g/mol. The normalized spacial score (nSPS) is 4.88. The highest BCUT2D eigenvalue weighted by atomic mass is 35.5. The molecule has 0 rings (SSSR count). The fourth-order valence-electron chi connectivity index (χ4n) is 0. The lowest BCUT2D eigenvalue weighted by atomic mass is 11.1. The summed E-state index contributed by atoms with van der Waals surface area (Å²) in [5, 5.41) is 0.